The summed E-state index contributed by atoms with van der Waals surface area (Å²) in [6.45, 7) is 0. The van der Waals surface area contributed by atoms with E-state index in [0.29, 0.717) is 0 Å². The van der Waals surface area contributed by atoms with Crippen LogP contribution in [0.2, 0.25) is 0 Å². The van der Waals surface area contributed by atoms with Crippen molar-refractivity contribution in [2.24, 2.45) is 5.16 Å². The van der Waals surface area contributed by atoms with Crippen LogP contribution < -0.4 is 0 Å². The number of benzene rings is 1. The van der Waals surface area contributed by atoms with Gasteiger partial charge < -0.3 is 9.94 Å². The Labute approximate surface area is 71.3 Å². The fraction of sp³-hybridized carbons (Fsp3) is 0.222. The normalized spacial score (nSPS) is 13.4. The lowest BCUT2D eigenvalue weighted by Gasteiger charge is -2.08. The van der Waals surface area contributed by atoms with E-state index in [1.165, 1.54) is 6.21 Å². The highest BCUT2D eigenvalue weighted by Gasteiger charge is 2.05. The van der Waals surface area contributed by atoms with Gasteiger partial charge in [-0.15, -0.1) is 0 Å². The van der Waals surface area contributed by atoms with E-state index in [0.717, 1.165) is 5.56 Å². The monoisotopic (exact) mass is 165 g/mol. The largest absolute Gasteiger partial charge is 0.411 e. The van der Waals surface area contributed by atoms with Gasteiger partial charge in [-0.2, -0.15) is 0 Å². The lowest BCUT2D eigenvalue weighted by molar-refractivity contribution is 0.158. The number of oxime groups is 1. The molecule has 3 nitrogen and oxygen atoms in total. The van der Waals surface area contributed by atoms with Crippen LogP contribution in [0.4, 0.5) is 0 Å². The second-order valence-electron chi connectivity index (χ2n) is 2.33. The maximum absolute atomic E-state index is 8.32. The molecule has 0 fully saturated rings. The minimum absolute atomic E-state index is 0.267. The number of hydrogen-bond acceptors (Lipinski definition) is 3. The van der Waals surface area contributed by atoms with Gasteiger partial charge in [-0.25, -0.2) is 0 Å². The van der Waals surface area contributed by atoms with Crippen LogP contribution in [0.25, 0.3) is 0 Å². The third-order valence-electron chi connectivity index (χ3n) is 1.58. The smallest absolute Gasteiger partial charge is 0.121 e. The molecule has 0 radical (unpaired) electrons. The first kappa shape index (κ1) is 8.74. The van der Waals surface area contributed by atoms with Crippen LogP contribution in [-0.2, 0) is 4.74 Å². The summed E-state index contributed by atoms with van der Waals surface area (Å²) in [5.41, 5.74) is 0.970. The van der Waals surface area contributed by atoms with Gasteiger partial charge in [0, 0.05) is 7.11 Å². The standard InChI is InChI=1S/C9H11NO2/c1-12-9(7-10-11)8-5-3-2-4-6-8/h2-7,9,11H,1H3/b10-7+/t9-/m1/s1. The first-order valence-corrected chi connectivity index (χ1v) is 3.63. The lowest BCUT2D eigenvalue weighted by atomic mass is 10.1. The summed E-state index contributed by atoms with van der Waals surface area (Å²) >= 11 is 0. The second kappa shape index (κ2) is 4.51. The molecule has 0 saturated carbocycles. The van der Waals surface area contributed by atoms with Crippen LogP contribution in [0.1, 0.15) is 11.7 Å². The Morgan fingerprint density at radius 2 is 2.08 bits per heavy atom. The van der Waals surface area contributed by atoms with Crippen molar-refractivity contribution >= 4 is 6.21 Å². The van der Waals surface area contributed by atoms with Crippen molar-refractivity contribution in [1.82, 2.24) is 0 Å². The summed E-state index contributed by atoms with van der Waals surface area (Å²) < 4.78 is 5.07. The zero-order chi connectivity index (χ0) is 8.81. The average Bonchev–Trinajstić information content (AvgIpc) is 2.15. The van der Waals surface area contributed by atoms with Gasteiger partial charge >= 0.3 is 0 Å². The summed E-state index contributed by atoms with van der Waals surface area (Å²) in [5.74, 6) is 0. The van der Waals surface area contributed by atoms with Crippen LogP contribution in [0.15, 0.2) is 35.5 Å². The first-order valence-electron chi connectivity index (χ1n) is 3.63. The van der Waals surface area contributed by atoms with Crippen LogP contribution in [0.5, 0.6) is 0 Å². The molecule has 0 aromatic heterocycles. The van der Waals surface area contributed by atoms with Crippen LogP contribution in [-0.4, -0.2) is 18.5 Å². The number of hydrogen-bond donors (Lipinski definition) is 1. The van der Waals surface area contributed by atoms with Crippen LogP contribution >= 0.6 is 0 Å². The van der Waals surface area contributed by atoms with Crippen molar-refractivity contribution in [3.8, 4) is 0 Å². The maximum atomic E-state index is 8.32. The summed E-state index contributed by atoms with van der Waals surface area (Å²) in [4.78, 5) is 0. The first-order chi connectivity index (χ1) is 5.88. The molecule has 0 aliphatic carbocycles. The number of methoxy groups -OCH3 is 1. The Morgan fingerprint density at radius 1 is 1.42 bits per heavy atom. The van der Waals surface area contributed by atoms with Gasteiger partial charge in [0.2, 0.25) is 0 Å². The highest BCUT2D eigenvalue weighted by molar-refractivity contribution is 5.65. The summed E-state index contributed by atoms with van der Waals surface area (Å²) in [5, 5.41) is 11.3. The predicted molar refractivity (Wildman–Crippen MR) is 46.5 cm³/mol. The maximum Gasteiger partial charge on any atom is 0.121 e. The van der Waals surface area contributed by atoms with Crippen LogP contribution in [0, 0.1) is 0 Å². The van der Waals surface area contributed by atoms with Gasteiger partial charge in [0.1, 0.15) is 6.10 Å². The summed E-state index contributed by atoms with van der Waals surface area (Å²) in [6.07, 6.45) is 1.08. The van der Waals surface area contributed by atoms with Gasteiger partial charge in [-0.05, 0) is 5.56 Å². The fourth-order valence-electron chi connectivity index (χ4n) is 0.986. The van der Waals surface area contributed by atoms with Gasteiger partial charge in [0.05, 0.1) is 6.21 Å². The molecule has 64 valence electrons. The topological polar surface area (TPSA) is 41.8 Å². The highest BCUT2D eigenvalue weighted by Crippen LogP contribution is 2.12. The SMILES string of the molecule is CO[C@H](/C=N/O)c1ccccc1. The molecule has 1 aromatic carbocycles. The zero-order valence-electron chi connectivity index (χ0n) is 6.84. The molecule has 1 N–H and O–H groups in total. The Bertz CT molecular complexity index is 246. The minimum Gasteiger partial charge on any atom is -0.411 e. The van der Waals surface area contributed by atoms with Crippen molar-refractivity contribution in [2.75, 3.05) is 7.11 Å². The average molecular weight is 165 g/mol. The summed E-state index contributed by atoms with van der Waals surface area (Å²) in [7, 11) is 1.57. The molecular weight excluding hydrogens is 154 g/mol. The quantitative estimate of drug-likeness (QED) is 0.422. The van der Waals surface area contributed by atoms with Crippen molar-refractivity contribution in [1.29, 1.82) is 0 Å². The van der Waals surface area contributed by atoms with E-state index in [-0.39, 0.29) is 6.10 Å². The molecule has 0 bridgehead atoms. The van der Waals surface area contributed by atoms with E-state index in [4.69, 9.17) is 9.94 Å². The van der Waals surface area contributed by atoms with E-state index >= 15 is 0 Å². The Kier molecular flexibility index (Phi) is 3.29. The van der Waals surface area contributed by atoms with Crippen molar-refractivity contribution in [3.63, 3.8) is 0 Å². The van der Waals surface area contributed by atoms with E-state index in [2.05, 4.69) is 5.16 Å². The second-order valence-corrected chi connectivity index (χ2v) is 2.33. The van der Waals surface area contributed by atoms with Gasteiger partial charge in [-0.1, -0.05) is 35.5 Å². The third kappa shape index (κ3) is 2.07. The molecule has 0 unspecified atom stereocenters. The molecule has 0 saturated heterocycles. The minimum atomic E-state index is -0.267. The van der Waals surface area contributed by atoms with Gasteiger partial charge in [0.15, 0.2) is 0 Å². The number of nitrogens with zero attached hydrogens (tertiary/aromatic N) is 1. The molecule has 3 heteroatoms. The molecule has 0 aliphatic heterocycles. The fourth-order valence-corrected chi connectivity index (χ4v) is 0.986. The molecular formula is C9H11NO2. The van der Waals surface area contributed by atoms with E-state index in [1.807, 2.05) is 30.3 Å². The van der Waals surface area contributed by atoms with Gasteiger partial charge in [-0.3, -0.25) is 0 Å². The van der Waals surface area contributed by atoms with E-state index in [9.17, 15) is 0 Å². The van der Waals surface area contributed by atoms with Crippen molar-refractivity contribution in [2.45, 2.75) is 6.10 Å². The molecule has 0 spiro atoms. The molecule has 12 heavy (non-hydrogen) atoms. The molecule has 0 amide bonds. The Hall–Kier alpha value is -1.35. The van der Waals surface area contributed by atoms with E-state index < -0.39 is 0 Å². The number of rotatable bonds is 3. The number of ether oxygens (including phenoxy) is 1. The van der Waals surface area contributed by atoms with E-state index in [1.54, 1.807) is 7.11 Å². The lowest BCUT2D eigenvalue weighted by Crippen LogP contribution is -2.02. The molecule has 0 aliphatic rings. The molecule has 0 heterocycles. The summed E-state index contributed by atoms with van der Waals surface area (Å²) in [6, 6.07) is 9.57. The van der Waals surface area contributed by atoms with Gasteiger partial charge in [0.25, 0.3) is 0 Å². The third-order valence-corrected chi connectivity index (χ3v) is 1.58. The molecule has 1 atom stereocenters. The van der Waals surface area contributed by atoms with Crippen molar-refractivity contribution in [3.05, 3.63) is 35.9 Å². The Balaban J connectivity index is 2.80. The van der Waals surface area contributed by atoms with Crippen LogP contribution in [0.3, 0.4) is 0 Å². The molecule has 1 rings (SSSR count). The zero-order valence-corrected chi connectivity index (χ0v) is 6.84. The molecule has 1 aromatic rings. The van der Waals surface area contributed by atoms with Crippen molar-refractivity contribution < 1.29 is 9.94 Å². The highest BCUT2D eigenvalue weighted by atomic mass is 16.5. The Morgan fingerprint density at radius 3 is 2.58 bits per heavy atom. The predicted octanol–water partition coefficient (Wildman–Crippen LogP) is 1.83.